The molecule has 1 N–H and O–H groups in total. The third-order valence-electron chi connectivity index (χ3n) is 1.88. The molecular formula is C11H14O2S. The second-order valence-corrected chi connectivity index (χ2v) is 4.62. The van der Waals surface area contributed by atoms with E-state index in [9.17, 15) is 9.32 Å². The highest BCUT2D eigenvalue weighted by molar-refractivity contribution is 7.85. The minimum atomic E-state index is -1.14. The minimum Gasteiger partial charge on any atom is -0.388 e. The molecule has 0 radical (unpaired) electrons. The van der Waals surface area contributed by atoms with E-state index in [2.05, 4.69) is 6.58 Å². The molecule has 2 atom stereocenters. The number of hydrogen-bond donors (Lipinski definition) is 1. The summed E-state index contributed by atoms with van der Waals surface area (Å²) in [5.41, 5.74) is 1.13. The summed E-state index contributed by atoms with van der Waals surface area (Å²) < 4.78 is 11.6. The monoisotopic (exact) mass is 210 g/mol. The number of hydrogen-bond acceptors (Lipinski definition) is 2. The van der Waals surface area contributed by atoms with Gasteiger partial charge in [0.2, 0.25) is 0 Å². The normalized spacial score (nSPS) is 14.7. The minimum absolute atomic E-state index is 0.215. The average Bonchev–Trinajstić information content (AvgIpc) is 2.18. The SMILES string of the molecule is C=C[C@@H](O)CS(=O)c1ccc(C)cc1. The molecule has 0 spiro atoms. The van der Waals surface area contributed by atoms with Crippen LogP contribution >= 0.6 is 0 Å². The van der Waals surface area contributed by atoms with Gasteiger partial charge in [-0.05, 0) is 19.1 Å². The number of aliphatic hydroxyl groups is 1. The van der Waals surface area contributed by atoms with Crippen molar-refractivity contribution in [3.8, 4) is 0 Å². The molecule has 0 aliphatic carbocycles. The first kappa shape index (κ1) is 11.1. The highest BCUT2D eigenvalue weighted by atomic mass is 32.2. The van der Waals surface area contributed by atoms with Crippen molar-refractivity contribution in [3.05, 3.63) is 42.5 Å². The Balaban J connectivity index is 2.70. The molecule has 0 saturated carbocycles. The topological polar surface area (TPSA) is 37.3 Å². The van der Waals surface area contributed by atoms with Gasteiger partial charge in [0, 0.05) is 4.90 Å². The first-order valence-electron chi connectivity index (χ1n) is 4.39. The van der Waals surface area contributed by atoms with E-state index >= 15 is 0 Å². The van der Waals surface area contributed by atoms with Gasteiger partial charge in [-0.1, -0.05) is 23.8 Å². The van der Waals surface area contributed by atoms with Crippen molar-refractivity contribution in [2.75, 3.05) is 5.75 Å². The zero-order chi connectivity index (χ0) is 10.6. The van der Waals surface area contributed by atoms with Crippen LogP contribution in [0.1, 0.15) is 5.56 Å². The van der Waals surface area contributed by atoms with E-state index in [4.69, 9.17) is 0 Å². The summed E-state index contributed by atoms with van der Waals surface area (Å²) >= 11 is 0. The van der Waals surface area contributed by atoms with Crippen LogP contribution in [0.4, 0.5) is 0 Å². The quantitative estimate of drug-likeness (QED) is 0.767. The van der Waals surface area contributed by atoms with Crippen LogP contribution in [-0.2, 0) is 10.8 Å². The van der Waals surface area contributed by atoms with Gasteiger partial charge in [-0.25, -0.2) is 0 Å². The van der Waals surface area contributed by atoms with E-state index in [1.165, 1.54) is 6.08 Å². The maximum atomic E-state index is 11.6. The van der Waals surface area contributed by atoms with Gasteiger partial charge < -0.3 is 5.11 Å². The lowest BCUT2D eigenvalue weighted by Crippen LogP contribution is -2.13. The van der Waals surface area contributed by atoms with Gasteiger partial charge in [-0.2, -0.15) is 0 Å². The molecule has 0 fully saturated rings. The van der Waals surface area contributed by atoms with Crippen molar-refractivity contribution >= 4 is 10.8 Å². The van der Waals surface area contributed by atoms with Crippen LogP contribution in [0.3, 0.4) is 0 Å². The summed E-state index contributed by atoms with van der Waals surface area (Å²) in [7, 11) is -1.14. The van der Waals surface area contributed by atoms with E-state index < -0.39 is 16.9 Å². The average molecular weight is 210 g/mol. The molecule has 0 heterocycles. The molecule has 1 rings (SSSR count). The van der Waals surface area contributed by atoms with Crippen LogP contribution in [0.5, 0.6) is 0 Å². The summed E-state index contributed by atoms with van der Waals surface area (Å²) in [4.78, 5) is 0.747. The second kappa shape index (κ2) is 5.08. The Morgan fingerprint density at radius 3 is 2.57 bits per heavy atom. The molecule has 1 aromatic rings. The fraction of sp³-hybridized carbons (Fsp3) is 0.273. The molecule has 76 valence electrons. The van der Waals surface area contributed by atoms with Crippen LogP contribution in [0.15, 0.2) is 41.8 Å². The van der Waals surface area contributed by atoms with Gasteiger partial charge >= 0.3 is 0 Å². The molecular weight excluding hydrogens is 196 g/mol. The Hall–Kier alpha value is -0.930. The molecule has 0 amide bonds. The van der Waals surface area contributed by atoms with Gasteiger partial charge in [0.15, 0.2) is 0 Å². The summed E-state index contributed by atoms with van der Waals surface area (Å²) in [5, 5.41) is 9.23. The van der Waals surface area contributed by atoms with Gasteiger partial charge in [-0.15, -0.1) is 6.58 Å². The van der Waals surface area contributed by atoms with Crippen LogP contribution in [0, 0.1) is 6.92 Å². The van der Waals surface area contributed by atoms with Crippen molar-refractivity contribution in [3.63, 3.8) is 0 Å². The molecule has 0 saturated heterocycles. The standard InChI is InChI=1S/C11H14O2S/c1-3-10(12)8-14(13)11-6-4-9(2)5-7-11/h3-7,10,12H,1,8H2,2H3/t10-,14?/m1/s1. The van der Waals surface area contributed by atoms with E-state index in [1.54, 1.807) is 0 Å². The van der Waals surface area contributed by atoms with Gasteiger partial charge in [0.25, 0.3) is 0 Å². The fourth-order valence-corrected chi connectivity index (χ4v) is 2.09. The third kappa shape index (κ3) is 3.09. The predicted molar refractivity (Wildman–Crippen MR) is 58.7 cm³/mol. The van der Waals surface area contributed by atoms with Gasteiger partial charge in [0.1, 0.15) is 0 Å². The summed E-state index contributed by atoms with van der Waals surface area (Å²) in [6.45, 7) is 5.41. The Labute approximate surface area is 86.7 Å². The molecule has 1 unspecified atom stereocenters. The van der Waals surface area contributed by atoms with Crippen molar-refractivity contribution in [2.24, 2.45) is 0 Å². The van der Waals surface area contributed by atoms with Crippen molar-refractivity contribution in [2.45, 2.75) is 17.9 Å². The number of rotatable bonds is 4. The van der Waals surface area contributed by atoms with Crippen molar-refractivity contribution < 1.29 is 9.32 Å². The van der Waals surface area contributed by atoms with Crippen LogP contribution < -0.4 is 0 Å². The van der Waals surface area contributed by atoms with Crippen molar-refractivity contribution in [1.29, 1.82) is 0 Å². The predicted octanol–water partition coefficient (Wildman–Crippen LogP) is 1.65. The Morgan fingerprint density at radius 2 is 2.07 bits per heavy atom. The van der Waals surface area contributed by atoms with E-state index in [-0.39, 0.29) is 5.75 Å². The molecule has 14 heavy (non-hydrogen) atoms. The third-order valence-corrected chi connectivity index (χ3v) is 3.32. The largest absolute Gasteiger partial charge is 0.388 e. The molecule has 0 aromatic heterocycles. The van der Waals surface area contributed by atoms with Crippen molar-refractivity contribution in [1.82, 2.24) is 0 Å². The first-order valence-corrected chi connectivity index (χ1v) is 5.71. The number of aliphatic hydroxyl groups excluding tert-OH is 1. The Kier molecular flexibility index (Phi) is 4.04. The maximum absolute atomic E-state index is 11.6. The summed E-state index contributed by atoms with van der Waals surface area (Å²) in [5.74, 6) is 0.215. The van der Waals surface area contributed by atoms with Gasteiger partial charge in [0.05, 0.1) is 22.7 Å². The van der Waals surface area contributed by atoms with Gasteiger partial charge in [-0.3, -0.25) is 4.21 Å². The van der Waals surface area contributed by atoms with E-state index in [1.807, 2.05) is 31.2 Å². The fourth-order valence-electron chi connectivity index (χ4n) is 1.01. The van der Waals surface area contributed by atoms with Crippen LogP contribution in [0.2, 0.25) is 0 Å². The highest BCUT2D eigenvalue weighted by Gasteiger charge is 2.07. The zero-order valence-electron chi connectivity index (χ0n) is 8.14. The molecule has 0 aliphatic heterocycles. The molecule has 0 aliphatic rings. The number of aryl methyl sites for hydroxylation is 1. The lowest BCUT2D eigenvalue weighted by molar-refractivity contribution is 0.248. The highest BCUT2D eigenvalue weighted by Crippen LogP contribution is 2.09. The van der Waals surface area contributed by atoms with Crippen LogP contribution in [0.25, 0.3) is 0 Å². The lowest BCUT2D eigenvalue weighted by Gasteiger charge is -2.05. The Morgan fingerprint density at radius 1 is 1.50 bits per heavy atom. The molecule has 0 bridgehead atoms. The van der Waals surface area contributed by atoms with E-state index in [0.717, 1.165) is 10.5 Å². The smallest absolute Gasteiger partial charge is 0.0837 e. The van der Waals surface area contributed by atoms with Crippen LogP contribution in [-0.4, -0.2) is 21.2 Å². The zero-order valence-corrected chi connectivity index (χ0v) is 8.96. The molecule has 3 heteroatoms. The first-order chi connectivity index (χ1) is 6.63. The Bertz CT molecular complexity index is 330. The summed E-state index contributed by atoms with van der Waals surface area (Å²) in [6, 6.07) is 7.46. The lowest BCUT2D eigenvalue weighted by atomic mass is 10.2. The number of benzene rings is 1. The second-order valence-electron chi connectivity index (χ2n) is 3.13. The molecule has 1 aromatic carbocycles. The molecule has 2 nitrogen and oxygen atoms in total. The maximum Gasteiger partial charge on any atom is 0.0837 e. The summed E-state index contributed by atoms with van der Waals surface area (Å²) in [6.07, 6.45) is 0.698. The van der Waals surface area contributed by atoms with E-state index in [0.29, 0.717) is 0 Å².